The Hall–Kier alpha value is -2.21. The highest BCUT2D eigenvalue weighted by Crippen LogP contribution is 2.43. The Bertz CT molecular complexity index is 904. The molecule has 1 saturated carbocycles. The second kappa shape index (κ2) is 13.4. The predicted octanol–water partition coefficient (Wildman–Crippen LogP) is 8.48. The largest absolute Gasteiger partial charge is 0.573 e. The van der Waals surface area contributed by atoms with Gasteiger partial charge >= 0.3 is 6.36 Å². The maximum absolute atomic E-state index is 12.9. The van der Waals surface area contributed by atoms with E-state index in [2.05, 4.69) is 39.2 Å². The van der Waals surface area contributed by atoms with E-state index in [0.717, 1.165) is 49.9 Å². The molecule has 0 atom stereocenters. The Kier molecular flexibility index (Phi) is 9.97. The Labute approximate surface area is 214 Å². The fourth-order valence-corrected chi connectivity index (χ4v) is 5.92. The van der Waals surface area contributed by atoms with Crippen molar-refractivity contribution in [2.24, 2.45) is 0 Å². The zero-order valence-electron chi connectivity index (χ0n) is 21.4. The number of halogens is 3. The summed E-state index contributed by atoms with van der Waals surface area (Å²) in [6.45, 7) is 4.57. The van der Waals surface area contributed by atoms with Crippen LogP contribution in [0.15, 0.2) is 48.5 Å². The van der Waals surface area contributed by atoms with Gasteiger partial charge in [0, 0.05) is 12.2 Å². The lowest BCUT2D eigenvalue weighted by atomic mass is 9.76. The first-order valence-electron chi connectivity index (χ1n) is 13.9. The van der Waals surface area contributed by atoms with Crippen molar-refractivity contribution in [3.8, 4) is 5.75 Å². The smallest absolute Gasteiger partial charge is 0.406 e. The number of nitrogens with zero attached hydrogens (tertiary/aromatic N) is 1. The SMILES string of the molecule is FC(F)(F)Oc1ccc(NCCCCCCN2CCCCC2)c(C2CCC(c3ccccc3)CC2)c1. The molecule has 4 rings (SSSR count). The quantitative estimate of drug-likeness (QED) is 0.312. The number of hydrogen-bond donors (Lipinski definition) is 1. The Morgan fingerprint density at radius 1 is 0.806 bits per heavy atom. The zero-order chi connectivity index (χ0) is 25.2. The monoisotopic (exact) mass is 502 g/mol. The van der Waals surface area contributed by atoms with Crippen LogP contribution in [0.4, 0.5) is 18.9 Å². The third-order valence-corrected chi connectivity index (χ3v) is 7.86. The number of benzene rings is 2. The summed E-state index contributed by atoms with van der Waals surface area (Å²) in [7, 11) is 0. The van der Waals surface area contributed by atoms with E-state index in [0.29, 0.717) is 5.92 Å². The lowest BCUT2D eigenvalue weighted by Gasteiger charge is -2.30. The molecule has 0 amide bonds. The van der Waals surface area contributed by atoms with Gasteiger partial charge in [0.25, 0.3) is 0 Å². The standard InChI is InChI=1S/C30H41F3N2O/c31-30(32,33)36-27-17-18-29(34-19-7-1-2-8-20-35-21-9-4-10-22-35)28(23-27)26-15-13-25(14-16-26)24-11-5-3-6-12-24/h3,5-6,11-12,17-18,23,25-26,34H,1-2,4,7-10,13-16,19-22H2. The molecule has 1 saturated heterocycles. The molecule has 0 bridgehead atoms. The highest BCUT2D eigenvalue weighted by atomic mass is 19.4. The van der Waals surface area contributed by atoms with Crippen molar-refractivity contribution in [2.45, 2.75) is 88.8 Å². The van der Waals surface area contributed by atoms with Gasteiger partial charge in [-0.1, -0.05) is 49.6 Å². The number of nitrogens with one attached hydrogen (secondary N) is 1. The molecule has 198 valence electrons. The van der Waals surface area contributed by atoms with Gasteiger partial charge < -0.3 is 15.0 Å². The molecule has 2 aromatic rings. The van der Waals surface area contributed by atoms with Gasteiger partial charge in [-0.2, -0.15) is 0 Å². The van der Waals surface area contributed by atoms with Crippen LogP contribution in [0, 0.1) is 0 Å². The van der Waals surface area contributed by atoms with Crippen molar-refractivity contribution in [1.29, 1.82) is 0 Å². The number of anilines is 1. The molecule has 0 unspecified atom stereocenters. The van der Waals surface area contributed by atoms with Gasteiger partial charge in [-0.15, -0.1) is 13.2 Å². The first kappa shape index (κ1) is 26.8. The number of ether oxygens (including phenoxy) is 1. The van der Waals surface area contributed by atoms with E-state index in [1.807, 2.05) is 6.07 Å². The molecule has 36 heavy (non-hydrogen) atoms. The Balaban J connectivity index is 1.29. The number of unbranched alkanes of at least 4 members (excludes halogenated alkanes) is 3. The summed E-state index contributed by atoms with van der Waals surface area (Å²) in [6, 6.07) is 15.4. The predicted molar refractivity (Wildman–Crippen MR) is 141 cm³/mol. The van der Waals surface area contributed by atoms with Crippen LogP contribution in [0.25, 0.3) is 0 Å². The summed E-state index contributed by atoms with van der Waals surface area (Å²) < 4.78 is 42.9. The van der Waals surface area contributed by atoms with Crippen LogP contribution in [-0.4, -0.2) is 37.4 Å². The van der Waals surface area contributed by atoms with Crippen molar-refractivity contribution in [3.05, 3.63) is 59.7 Å². The van der Waals surface area contributed by atoms with Crippen molar-refractivity contribution < 1.29 is 17.9 Å². The fraction of sp³-hybridized carbons (Fsp3) is 0.600. The average Bonchev–Trinajstić information content (AvgIpc) is 2.89. The van der Waals surface area contributed by atoms with Crippen molar-refractivity contribution in [2.75, 3.05) is 31.5 Å². The van der Waals surface area contributed by atoms with E-state index in [1.165, 1.54) is 69.8 Å². The molecule has 2 aliphatic rings. The summed E-state index contributed by atoms with van der Waals surface area (Å²) in [5.41, 5.74) is 3.29. The topological polar surface area (TPSA) is 24.5 Å². The van der Waals surface area contributed by atoms with Gasteiger partial charge in [0.1, 0.15) is 5.75 Å². The highest BCUT2D eigenvalue weighted by Gasteiger charge is 2.32. The molecule has 2 fully saturated rings. The first-order valence-corrected chi connectivity index (χ1v) is 13.9. The van der Waals surface area contributed by atoms with Gasteiger partial charge in [0.2, 0.25) is 0 Å². The molecule has 0 spiro atoms. The number of piperidine rings is 1. The van der Waals surface area contributed by atoms with Crippen molar-refractivity contribution in [3.63, 3.8) is 0 Å². The van der Waals surface area contributed by atoms with Crippen molar-refractivity contribution in [1.82, 2.24) is 4.90 Å². The zero-order valence-corrected chi connectivity index (χ0v) is 21.4. The molecular formula is C30H41F3N2O. The molecular weight excluding hydrogens is 461 g/mol. The summed E-state index contributed by atoms with van der Waals surface area (Å²) in [6.07, 6.45) is 8.15. The average molecular weight is 503 g/mol. The van der Waals surface area contributed by atoms with E-state index < -0.39 is 6.36 Å². The molecule has 3 nitrogen and oxygen atoms in total. The highest BCUT2D eigenvalue weighted by molar-refractivity contribution is 5.56. The second-order valence-corrected chi connectivity index (χ2v) is 10.5. The third kappa shape index (κ3) is 8.43. The van der Waals surface area contributed by atoms with Crippen LogP contribution >= 0.6 is 0 Å². The fourth-order valence-electron chi connectivity index (χ4n) is 5.92. The Morgan fingerprint density at radius 3 is 2.22 bits per heavy atom. The summed E-state index contributed by atoms with van der Waals surface area (Å²) >= 11 is 0. The van der Waals surface area contributed by atoms with Crippen LogP contribution < -0.4 is 10.1 Å². The van der Waals surface area contributed by atoms with E-state index in [9.17, 15) is 13.2 Å². The van der Waals surface area contributed by atoms with Gasteiger partial charge in [-0.25, -0.2) is 0 Å². The van der Waals surface area contributed by atoms with E-state index >= 15 is 0 Å². The van der Waals surface area contributed by atoms with Crippen LogP contribution in [0.1, 0.15) is 93.6 Å². The maximum atomic E-state index is 12.9. The van der Waals surface area contributed by atoms with Gasteiger partial charge in [0.05, 0.1) is 0 Å². The lowest BCUT2D eigenvalue weighted by Crippen LogP contribution is -2.30. The summed E-state index contributed by atoms with van der Waals surface area (Å²) in [5.74, 6) is 0.651. The summed E-state index contributed by atoms with van der Waals surface area (Å²) in [4.78, 5) is 2.59. The molecule has 0 aromatic heterocycles. The Morgan fingerprint density at radius 2 is 1.50 bits per heavy atom. The van der Waals surface area contributed by atoms with E-state index in [-0.39, 0.29) is 11.7 Å². The van der Waals surface area contributed by atoms with Crippen LogP contribution in [0.3, 0.4) is 0 Å². The number of rotatable bonds is 11. The van der Waals surface area contributed by atoms with Crippen LogP contribution in [0.5, 0.6) is 5.75 Å². The molecule has 0 radical (unpaired) electrons. The van der Waals surface area contributed by atoms with E-state index in [4.69, 9.17) is 0 Å². The van der Waals surface area contributed by atoms with Crippen LogP contribution in [0.2, 0.25) is 0 Å². The van der Waals surface area contributed by atoms with Crippen LogP contribution in [-0.2, 0) is 0 Å². The molecule has 6 heteroatoms. The van der Waals surface area contributed by atoms with Gasteiger partial charge in [-0.05, 0) is 112 Å². The van der Waals surface area contributed by atoms with Crippen molar-refractivity contribution >= 4 is 5.69 Å². The minimum absolute atomic E-state index is 0.119. The third-order valence-electron chi connectivity index (χ3n) is 7.86. The minimum atomic E-state index is -4.68. The van der Waals surface area contributed by atoms with Gasteiger partial charge in [-0.3, -0.25) is 0 Å². The van der Waals surface area contributed by atoms with Gasteiger partial charge in [0.15, 0.2) is 0 Å². The number of hydrogen-bond acceptors (Lipinski definition) is 3. The lowest BCUT2D eigenvalue weighted by molar-refractivity contribution is -0.274. The first-order chi connectivity index (χ1) is 17.5. The van der Waals surface area contributed by atoms with E-state index in [1.54, 1.807) is 12.1 Å². The molecule has 1 aliphatic heterocycles. The maximum Gasteiger partial charge on any atom is 0.573 e. The molecule has 1 aliphatic carbocycles. The normalized spacial score (nSPS) is 21.3. The molecule has 1 N–H and O–H groups in total. The molecule has 2 aromatic carbocycles. The summed E-state index contributed by atoms with van der Waals surface area (Å²) in [5, 5.41) is 3.54. The number of likely N-dealkylation sites (tertiary alicyclic amines) is 1. The molecule has 1 heterocycles. The second-order valence-electron chi connectivity index (χ2n) is 10.5. The number of alkyl halides is 3. The minimum Gasteiger partial charge on any atom is -0.406 e.